The second-order valence-corrected chi connectivity index (χ2v) is 5.91. The first kappa shape index (κ1) is 15.3. The largest absolute Gasteiger partial charge is 0.339 e. The van der Waals surface area contributed by atoms with Gasteiger partial charge in [0.05, 0.1) is 12.5 Å². The molecule has 0 saturated heterocycles. The number of likely N-dealkylation sites (N-methyl/N-ethyl adjacent to an activating group) is 1. The minimum Gasteiger partial charge on any atom is -0.339 e. The van der Waals surface area contributed by atoms with Crippen LogP contribution in [-0.2, 0) is 11.2 Å². The standard InChI is InChI=1S/C21H21NO/c1-16(17-9-4-3-5-10-17)22(2)21(23)15-19-13-8-12-18-11-6-7-14-20(18)19/h3-14,16H,15H2,1-2H3/t16-/m1/s1. The molecule has 3 aromatic rings. The van der Waals surface area contributed by atoms with Crippen LogP contribution in [0.2, 0.25) is 0 Å². The van der Waals surface area contributed by atoms with E-state index in [-0.39, 0.29) is 11.9 Å². The molecule has 0 aliphatic rings. The summed E-state index contributed by atoms with van der Waals surface area (Å²) < 4.78 is 0. The molecule has 0 spiro atoms. The summed E-state index contributed by atoms with van der Waals surface area (Å²) in [6, 6.07) is 24.6. The van der Waals surface area contributed by atoms with Gasteiger partial charge in [-0.1, -0.05) is 72.8 Å². The number of hydrogen-bond donors (Lipinski definition) is 0. The van der Waals surface area contributed by atoms with Crippen molar-refractivity contribution in [2.45, 2.75) is 19.4 Å². The Kier molecular flexibility index (Phi) is 4.42. The molecule has 2 nitrogen and oxygen atoms in total. The maximum atomic E-state index is 12.7. The summed E-state index contributed by atoms with van der Waals surface area (Å²) in [6.07, 6.45) is 0.426. The van der Waals surface area contributed by atoms with Gasteiger partial charge in [-0.05, 0) is 28.8 Å². The van der Waals surface area contributed by atoms with Crippen molar-refractivity contribution in [3.05, 3.63) is 83.9 Å². The van der Waals surface area contributed by atoms with Crippen LogP contribution in [0.25, 0.3) is 10.8 Å². The summed E-state index contributed by atoms with van der Waals surface area (Å²) in [5, 5.41) is 2.33. The summed E-state index contributed by atoms with van der Waals surface area (Å²) in [4.78, 5) is 14.5. The maximum Gasteiger partial charge on any atom is 0.227 e. The Hall–Kier alpha value is -2.61. The van der Waals surface area contributed by atoms with Crippen molar-refractivity contribution >= 4 is 16.7 Å². The molecule has 0 aliphatic carbocycles. The fourth-order valence-electron chi connectivity index (χ4n) is 2.91. The van der Waals surface area contributed by atoms with Gasteiger partial charge < -0.3 is 4.90 Å². The van der Waals surface area contributed by atoms with Crippen LogP contribution in [0.5, 0.6) is 0 Å². The highest BCUT2D eigenvalue weighted by molar-refractivity contribution is 5.90. The molecule has 0 aromatic heterocycles. The normalized spacial score (nSPS) is 12.1. The second kappa shape index (κ2) is 6.66. The SMILES string of the molecule is C[C@H](c1ccccc1)N(C)C(=O)Cc1cccc2ccccc12. The van der Waals surface area contributed by atoms with E-state index in [4.69, 9.17) is 0 Å². The smallest absolute Gasteiger partial charge is 0.227 e. The third-order valence-electron chi connectivity index (χ3n) is 4.48. The van der Waals surface area contributed by atoms with E-state index >= 15 is 0 Å². The first-order valence-electron chi connectivity index (χ1n) is 7.94. The highest BCUT2D eigenvalue weighted by Crippen LogP contribution is 2.22. The lowest BCUT2D eigenvalue weighted by atomic mass is 10.0. The molecule has 23 heavy (non-hydrogen) atoms. The topological polar surface area (TPSA) is 20.3 Å². The number of carbonyl (C=O) groups is 1. The first-order chi connectivity index (χ1) is 11.2. The van der Waals surface area contributed by atoms with Crippen molar-refractivity contribution in [3.63, 3.8) is 0 Å². The fraction of sp³-hybridized carbons (Fsp3) is 0.190. The van der Waals surface area contributed by atoms with E-state index in [0.29, 0.717) is 6.42 Å². The molecule has 2 heteroatoms. The highest BCUT2D eigenvalue weighted by Gasteiger charge is 2.18. The Morgan fingerprint density at radius 3 is 2.35 bits per heavy atom. The third kappa shape index (κ3) is 3.26. The Morgan fingerprint density at radius 2 is 1.57 bits per heavy atom. The van der Waals surface area contributed by atoms with Gasteiger partial charge in [0.2, 0.25) is 5.91 Å². The molecule has 0 aliphatic heterocycles. The lowest BCUT2D eigenvalue weighted by Gasteiger charge is -2.25. The van der Waals surface area contributed by atoms with Gasteiger partial charge in [0, 0.05) is 7.05 Å². The van der Waals surface area contributed by atoms with Crippen LogP contribution in [0.4, 0.5) is 0 Å². The summed E-state index contributed by atoms with van der Waals surface area (Å²) in [7, 11) is 1.88. The molecule has 1 amide bonds. The molecule has 1 atom stereocenters. The van der Waals surface area contributed by atoms with E-state index in [0.717, 1.165) is 16.5 Å². The van der Waals surface area contributed by atoms with Gasteiger partial charge in [-0.15, -0.1) is 0 Å². The van der Waals surface area contributed by atoms with Crippen molar-refractivity contribution in [2.75, 3.05) is 7.05 Å². The van der Waals surface area contributed by atoms with Gasteiger partial charge in [0.15, 0.2) is 0 Å². The van der Waals surface area contributed by atoms with Crippen LogP contribution in [0.15, 0.2) is 72.8 Å². The minimum atomic E-state index is 0.0682. The molecule has 3 rings (SSSR count). The molecule has 0 radical (unpaired) electrons. The molecule has 3 aromatic carbocycles. The van der Waals surface area contributed by atoms with Crippen LogP contribution in [0.1, 0.15) is 24.1 Å². The summed E-state index contributed by atoms with van der Waals surface area (Å²) in [5.74, 6) is 0.137. The zero-order valence-corrected chi connectivity index (χ0v) is 13.6. The van der Waals surface area contributed by atoms with Gasteiger partial charge in [0.1, 0.15) is 0 Å². The molecule has 0 bridgehead atoms. The van der Waals surface area contributed by atoms with Crippen LogP contribution >= 0.6 is 0 Å². The zero-order valence-electron chi connectivity index (χ0n) is 13.6. The molecular formula is C21H21NO. The number of amides is 1. The number of hydrogen-bond acceptors (Lipinski definition) is 1. The average molecular weight is 303 g/mol. The number of carbonyl (C=O) groups excluding carboxylic acids is 1. The van der Waals surface area contributed by atoms with Gasteiger partial charge in [0.25, 0.3) is 0 Å². The maximum absolute atomic E-state index is 12.7. The van der Waals surface area contributed by atoms with E-state index in [1.807, 2.05) is 54.4 Å². The van der Waals surface area contributed by atoms with Crippen molar-refractivity contribution < 1.29 is 4.79 Å². The van der Waals surface area contributed by atoms with Gasteiger partial charge in [-0.25, -0.2) is 0 Å². The monoisotopic (exact) mass is 303 g/mol. The lowest BCUT2D eigenvalue weighted by molar-refractivity contribution is -0.131. The molecule has 116 valence electrons. The third-order valence-corrected chi connectivity index (χ3v) is 4.48. The Balaban J connectivity index is 1.80. The molecular weight excluding hydrogens is 282 g/mol. The van der Waals surface area contributed by atoms with Crippen molar-refractivity contribution in [1.82, 2.24) is 4.90 Å². The van der Waals surface area contributed by atoms with Crippen molar-refractivity contribution in [3.8, 4) is 0 Å². The fourth-order valence-corrected chi connectivity index (χ4v) is 2.91. The highest BCUT2D eigenvalue weighted by atomic mass is 16.2. The second-order valence-electron chi connectivity index (χ2n) is 5.91. The van der Waals surface area contributed by atoms with E-state index in [9.17, 15) is 4.79 Å². The molecule has 0 heterocycles. The summed E-state index contributed by atoms with van der Waals surface area (Å²) in [6.45, 7) is 2.07. The number of benzene rings is 3. The molecule has 0 unspecified atom stereocenters. The Labute approximate surface area is 137 Å². The van der Waals surface area contributed by atoms with Crippen LogP contribution in [-0.4, -0.2) is 17.9 Å². The molecule has 0 fully saturated rings. The van der Waals surface area contributed by atoms with Crippen LogP contribution in [0, 0.1) is 0 Å². The average Bonchev–Trinajstić information content (AvgIpc) is 2.61. The van der Waals surface area contributed by atoms with Gasteiger partial charge in [-0.3, -0.25) is 4.79 Å². The first-order valence-corrected chi connectivity index (χ1v) is 7.94. The predicted octanol–water partition coefficient (Wildman–Crippen LogP) is 4.60. The van der Waals surface area contributed by atoms with E-state index in [2.05, 4.69) is 37.3 Å². The number of rotatable bonds is 4. The summed E-state index contributed by atoms with van der Waals surface area (Å²) in [5.41, 5.74) is 2.24. The summed E-state index contributed by atoms with van der Waals surface area (Å²) >= 11 is 0. The van der Waals surface area contributed by atoms with Crippen molar-refractivity contribution in [2.24, 2.45) is 0 Å². The predicted molar refractivity (Wildman–Crippen MR) is 95.3 cm³/mol. The zero-order chi connectivity index (χ0) is 16.2. The van der Waals surface area contributed by atoms with Gasteiger partial charge in [-0.2, -0.15) is 0 Å². The Morgan fingerprint density at radius 1 is 0.913 bits per heavy atom. The van der Waals surface area contributed by atoms with E-state index in [1.165, 1.54) is 5.39 Å². The van der Waals surface area contributed by atoms with Crippen molar-refractivity contribution in [1.29, 1.82) is 0 Å². The lowest BCUT2D eigenvalue weighted by Crippen LogP contribution is -2.31. The van der Waals surface area contributed by atoms with E-state index < -0.39 is 0 Å². The van der Waals surface area contributed by atoms with E-state index in [1.54, 1.807) is 0 Å². The minimum absolute atomic E-state index is 0.0682. The number of fused-ring (bicyclic) bond motifs is 1. The molecule has 0 saturated carbocycles. The quantitative estimate of drug-likeness (QED) is 0.689. The molecule has 0 N–H and O–H groups in total. The van der Waals surface area contributed by atoms with Crippen LogP contribution in [0.3, 0.4) is 0 Å². The number of nitrogens with zero attached hydrogens (tertiary/aromatic N) is 1. The van der Waals surface area contributed by atoms with Crippen LogP contribution < -0.4 is 0 Å². The van der Waals surface area contributed by atoms with Gasteiger partial charge >= 0.3 is 0 Å². The Bertz CT molecular complexity index is 805.